The van der Waals surface area contributed by atoms with E-state index >= 15 is 0 Å². The van der Waals surface area contributed by atoms with Gasteiger partial charge in [-0.3, -0.25) is 9.78 Å². The van der Waals surface area contributed by atoms with Gasteiger partial charge in [0.05, 0.1) is 11.9 Å². The number of halogens is 12. The molecule has 0 fully saturated rings. The Balaban J connectivity index is 3.33. The molecule has 1 aromatic rings. The highest BCUT2D eigenvalue weighted by Gasteiger charge is 2.89. The van der Waals surface area contributed by atoms with Crippen LogP contribution in [0.3, 0.4) is 0 Å². The Hall–Kier alpha value is -2.22. The second kappa shape index (κ2) is 6.74. The number of amides is 1. The highest BCUT2D eigenvalue weighted by Crippen LogP contribution is 2.58. The highest BCUT2D eigenvalue weighted by molar-refractivity contribution is 5.96. The van der Waals surface area contributed by atoms with Crippen molar-refractivity contribution in [3.8, 4) is 0 Å². The normalized spacial score (nSPS) is 14.4. The standard InChI is InChI=1S/C12H6F12N2O/c13-6(14)8(15,16)10(19,20)12(23,24)11(21,22)9(17,18)7(27)26-5-2-1-3-25-4-5/h1-4,6H,(H,26,27). The van der Waals surface area contributed by atoms with Crippen molar-refractivity contribution < 1.29 is 57.5 Å². The topological polar surface area (TPSA) is 42.0 Å². The van der Waals surface area contributed by atoms with Crippen molar-refractivity contribution in [3.63, 3.8) is 0 Å². The zero-order chi connectivity index (χ0) is 21.5. The summed E-state index contributed by atoms with van der Waals surface area (Å²) in [7, 11) is 0. The van der Waals surface area contributed by atoms with Gasteiger partial charge in [-0.2, -0.15) is 43.9 Å². The summed E-state index contributed by atoms with van der Waals surface area (Å²) in [4.78, 5) is 14.4. The number of pyridine rings is 1. The number of hydrogen-bond acceptors (Lipinski definition) is 2. The molecule has 1 amide bonds. The average Bonchev–Trinajstić information content (AvgIpc) is 2.54. The molecule has 0 aliphatic carbocycles. The molecule has 15 heteroatoms. The summed E-state index contributed by atoms with van der Waals surface area (Å²) in [5, 5.41) is 0.928. The fourth-order valence-corrected chi connectivity index (χ4v) is 1.53. The Morgan fingerprint density at radius 2 is 1.41 bits per heavy atom. The summed E-state index contributed by atoms with van der Waals surface area (Å²) < 4.78 is 155. The first-order valence-electron chi connectivity index (χ1n) is 6.33. The van der Waals surface area contributed by atoms with E-state index in [1.54, 1.807) is 0 Å². The first-order valence-corrected chi connectivity index (χ1v) is 6.33. The van der Waals surface area contributed by atoms with E-state index in [9.17, 15) is 57.5 Å². The first kappa shape index (κ1) is 22.8. The third kappa shape index (κ3) is 3.38. The lowest BCUT2D eigenvalue weighted by atomic mass is 9.94. The van der Waals surface area contributed by atoms with Crippen LogP contribution in [-0.2, 0) is 4.79 Å². The zero-order valence-electron chi connectivity index (χ0n) is 12.3. The van der Waals surface area contributed by atoms with Gasteiger partial charge in [0.1, 0.15) is 0 Å². The Morgan fingerprint density at radius 3 is 1.81 bits per heavy atom. The number of carbonyl (C=O) groups excluding carboxylic acids is 1. The molecular weight excluding hydrogens is 416 g/mol. The summed E-state index contributed by atoms with van der Waals surface area (Å²) >= 11 is 0. The van der Waals surface area contributed by atoms with Crippen molar-refractivity contribution >= 4 is 11.6 Å². The Kier molecular flexibility index (Phi) is 5.70. The fourth-order valence-electron chi connectivity index (χ4n) is 1.53. The second-order valence-electron chi connectivity index (χ2n) is 4.92. The predicted molar refractivity (Wildman–Crippen MR) is 63.6 cm³/mol. The molecule has 154 valence electrons. The van der Waals surface area contributed by atoms with Crippen LogP contribution in [0.1, 0.15) is 0 Å². The second-order valence-corrected chi connectivity index (χ2v) is 4.92. The zero-order valence-corrected chi connectivity index (χ0v) is 12.3. The van der Waals surface area contributed by atoms with E-state index in [4.69, 9.17) is 0 Å². The monoisotopic (exact) mass is 422 g/mol. The van der Waals surface area contributed by atoms with Gasteiger partial charge in [-0.15, -0.1) is 0 Å². The van der Waals surface area contributed by atoms with Crippen molar-refractivity contribution in [2.45, 2.75) is 36.0 Å². The number of carbonyl (C=O) groups is 1. The minimum absolute atomic E-state index is 0.559. The van der Waals surface area contributed by atoms with E-state index in [1.165, 1.54) is 0 Å². The molecule has 1 N–H and O–H groups in total. The lowest BCUT2D eigenvalue weighted by molar-refractivity contribution is -0.406. The number of rotatable bonds is 7. The smallest absolute Gasteiger partial charge is 0.319 e. The molecule has 0 radical (unpaired) electrons. The van der Waals surface area contributed by atoms with Crippen LogP contribution in [0, 0.1) is 0 Å². The molecular formula is C12H6F12N2O. The van der Waals surface area contributed by atoms with Gasteiger partial charge in [-0.1, -0.05) is 0 Å². The summed E-state index contributed by atoms with van der Waals surface area (Å²) in [5.74, 6) is -40.0. The lowest BCUT2D eigenvalue weighted by Gasteiger charge is -2.38. The maximum atomic E-state index is 13.5. The minimum atomic E-state index is -7.75. The van der Waals surface area contributed by atoms with Crippen LogP contribution in [-0.4, -0.2) is 46.9 Å². The van der Waals surface area contributed by atoms with E-state index in [0.717, 1.165) is 23.6 Å². The van der Waals surface area contributed by atoms with E-state index in [-0.39, 0.29) is 0 Å². The van der Waals surface area contributed by atoms with Gasteiger partial charge in [0.25, 0.3) is 0 Å². The summed E-state index contributed by atoms with van der Waals surface area (Å²) in [6.45, 7) is 0. The van der Waals surface area contributed by atoms with Gasteiger partial charge >= 0.3 is 41.9 Å². The number of nitrogens with zero attached hydrogens (tertiary/aromatic N) is 1. The third-order valence-corrected chi connectivity index (χ3v) is 3.08. The van der Waals surface area contributed by atoms with Crippen molar-refractivity contribution in [2.75, 3.05) is 5.32 Å². The van der Waals surface area contributed by atoms with Gasteiger partial charge in [-0.25, -0.2) is 8.78 Å². The highest BCUT2D eigenvalue weighted by atomic mass is 19.4. The van der Waals surface area contributed by atoms with E-state index < -0.39 is 47.6 Å². The summed E-state index contributed by atoms with van der Waals surface area (Å²) in [5.41, 5.74) is -0.772. The Labute approximate surface area is 141 Å². The largest absolute Gasteiger partial charge is 0.393 e. The number of alkyl halides is 12. The van der Waals surface area contributed by atoms with Gasteiger partial charge in [0.2, 0.25) is 0 Å². The maximum Gasteiger partial charge on any atom is 0.393 e. The van der Waals surface area contributed by atoms with Crippen LogP contribution in [0.4, 0.5) is 58.4 Å². The van der Waals surface area contributed by atoms with Crippen LogP contribution < -0.4 is 5.32 Å². The molecule has 1 aromatic heterocycles. The van der Waals surface area contributed by atoms with E-state index in [1.807, 2.05) is 0 Å². The van der Waals surface area contributed by atoms with E-state index in [2.05, 4.69) is 4.98 Å². The van der Waals surface area contributed by atoms with Crippen LogP contribution >= 0.6 is 0 Å². The van der Waals surface area contributed by atoms with Crippen LogP contribution in [0.25, 0.3) is 0 Å². The number of anilines is 1. The van der Waals surface area contributed by atoms with Crippen molar-refractivity contribution in [2.24, 2.45) is 0 Å². The molecule has 0 aliphatic rings. The van der Waals surface area contributed by atoms with Crippen LogP contribution in [0.5, 0.6) is 0 Å². The number of hydrogen-bond donors (Lipinski definition) is 1. The maximum absolute atomic E-state index is 13.5. The SMILES string of the molecule is O=C(Nc1cccnc1)C(F)(F)C(F)(F)C(F)(F)C(F)(F)C(F)(F)C(F)F. The molecule has 0 bridgehead atoms. The molecule has 0 saturated carbocycles. The molecule has 0 aromatic carbocycles. The van der Waals surface area contributed by atoms with Crippen molar-refractivity contribution in [3.05, 3.63) is 24.5 Å². The van der Waals surface area contributed by atoms with E-state index in [0.29, 0.717) is 6.20 Å². The quantitative estimate of drug-likeness (QED) is 0.660. The Morgan fingerprint density at radius 1 is 0.889 bits per heavy atom. The molecule has 1 rings (SSSR count). The average molecular weight is 422 g/mol. The Bertz CT molecular complexity index is 676. The molecule has 1 heterocycles. The molecule has 0 atom stereocenters. The van der Waals surface area contributed by atoms with Crippen molar-refractivity contribution in [1.29, 1.82) is 0 Å². The predicted octanol–water partition coefficient (Wildman–Crippen LogP) is 4.46. The summed E-state index contributed by atoms with van der Waals surface area (Å²) in [6, 6.07) is 1.70. The first-order chi connectivity index (χ1) is 11.9. The minimum Gasteiger partial charge on any atom is -0.319 e. The van der Waals surface area contributed by atoms with Gasteiger partial charge in [-0.05, 0) is 12.1 Å². The van der Waals surface area contributed by atoms with Crippen LogP contribution in [0.2, 0.25) is 0 Å². The number of aromatic nitrogens is 1. The molecule has 0 spiro atoms. The van der Waals surface area contributed by atoms with Gasteiger partial charge in [0.15, 0.2) is 0 Å². The lowest BCUT2D eigenvalue weighted by Crippen LogP contribution is -2.70. The fraction of sp³-hybridized carbons (Fsp3) is 0.500. The van der Waals surface area contributed by atoms with Gasteiger partial charge in [0, 0.05) is 6.20 Å². The third-order valence-electron chi connectivity index (χ3n) is 3.08. The molecule has 0 aliphatic heterocycles. The molecule has 3 nitrogen and oxygen atoms in total. The summed E-state index contributed by atoms with van der Waals surface area (Å²) in [6.07, 6.45) is -4.04. The van der Waals surface area contributed by atoms with Crippen molar-refractivity contribution in [1.82, 2.24) is 4.98 Å². The molecule has 27 heavy (non-hydrogen) atoms. The molecule has 0 saturated heterocycles. The van der Waals surface area contributed by atoms with Crippen LogP contribution in [0.15, 0.2) is 24.5 Å². The molecule has 0 unspecified atom stereocenters. The van der Waals surface area contributed by atoms with Gasteiger partial charge < -0.3 is 5.32 Å². The number of nitrogens with one attached hydrogen (secondary N) is 1.